The summed E-state index contributed by atoms with van der Waals surface area (Å²) in [6.07, 6.45) is 2.12. The molecule has 1 heterocycles. The van der Waals surface area contributed by atoms with E-state index in [1.165, 1.54) is 19.3 Å². The van der Waals surface area contributed by atoms with Crippen LogP contribution in [0.1, 0.15) is 5.56 Å². The highest BCUT2D eigenvalue weighted by Gasteiger charge is 2.16. The highest BCUT2D eigenvalue weighted by atomic mass is 19.1. The van der Waals surface area contributed by atoms with Crippen molar-refractivity contribution in [1.82, 2.24) is 0 Å². The van der Waals surface area contributed by atoms with E-state index < -0.39 is 5.82 Å². The first kappa shape index (κ1) is 11.6. The lowest BCUT2D eigenvalue weighted by atomic mass is 10.1. The van der Waals surface area contributed by atoms with E-state index in [0.29, 0.717) is 23.4 Å². The van der Waals surface area contributed by atoms with E-state index in [2.05, 4.69) is 0 Å². The fourth-order valence-corrected chi connectivity index (χ4v) is 1.49. The van der Waals surface area contributed by atoms with Crippen LogP contribution in [0.3, 0.4) is 0 Å². The summed E-state index contributed by atoms with van der Waals surface area (Å²) in [7, 11) is 1.48. The summed E-state index contributed by atoms with van der Waals surface area (Å²) in [6.45, 7) is 0.178. The fourth-order valence-electron chi connectivity index (χ4n) is 1.49. The van der Waals surface area contributed by atoms with Gasteiger partial charge in [0.2, 0.25) is 0 Å². The molecular formula is C12H11FO4. The van der Waals surface area contributed by atoms with E-state index in [9.17, 15) is 9.18 Å². The molecule has 90 valence electrons. The second kappa shape index (κ2) is 4.97. The smallest absolute Gasteiger partial charge is 0.188 e. The molecule has 17 heavy (non-hydrogen) atoms. The summed E-state index contributed by atoms with van der Waals surface area (Å²) >= 11 is 0. The highest BCUT2D eigenvalue weighted by molar-refractivity contribution is 5.84. The normalized spacial score (nSPS) is 13.4. The van der Waals surface area contributed by atoms with Crippen molar-refractivity contribution in [2.45, 2.75) is 0 Å². The van der Waals surface area contributed by atoms with Crippen LogP contribution in [0.25, 0.3) is 6.08 Å². The fraction of sp³-hybridized carbons (Fsp3) is 0.250. The van der Waals surface area contributed by atoms with Crippen molar-refractivity contribution in [1.29, 1.82) is 0 Å². The Labute approximate surface area is 97.6 Å². The number of hydrogen-bond acceptors (Lipinski definition) is 4. The molecule has 0 radical (unpaired) electrons. The highest BCUT2D eigenvalue weighted by Crippen LogP contribution is 2.32. The molecule has 0 saturated heterocycles. The Morgan fingerprint density at radius 1 is 1.53 bits per heavy atom. The quantitative estimate of drug-likeness (QED) is 0.592. The monoisotopic (exact) mass is 238 g/mol. The third-order valence-electron chi connectivity index (χ3n) is 2.28. The maximum Gasteiger partial charge on any atom is 0.188 e. The maximum atomic E-state index is 13.7. The van der Waals surface area contributed by atoms with Gasteiger partial charge in [-0.1, -0.05) is 0 Å². The number of carbonyl (C=O) groups excluding carboxylic acids is 1. The lowest BCUT2D eigenvalue weighted by Gasteiger charge is -2.17. The lowest BCUT2D eigenvalue weighted by molar-refractivity contribution is -0.105. The zero-order chi connectivity index (χ0) is 12.3. The minimum Gasteiger partial charge on any atom is -0.488 e. The van der Waals surface area contributed by atoms with Crippen LogP contribution < -0.4 is 9.47 Å². The lowest BCUT2D eigenvalue weighted by Crippen LogP contribution is -2.10. The summed E-state index contributed by atoms with van der Waals surface area (Å²) in [5.74, 6) is 0.195. The van der Waals surface area contributed by atoms with Crippen molar-refractivity contribution in [3.63, 3.8) is 0 Å². The molecule has 0 amide bonds. The second-order valence-corrected chi connectivity index (χ2v) is 3.49. The number of halogens is 1. The first-order valence-corrected chi connectivity index (χ1v) is 4.98. The Kier molecular flexibility index (Phi) is 3.39. The second-order valence-electron chi connectivity index (χ2n) is 3.49. The van der Waals surface area contributed by atoms with Crippen molar-refractivity contribution in [2.75, 3.05) is 20.5 Å². The van der Waals surface area contributed by atoms with Crippen LogP contribution in [0.15, 0.2) is 17.7 Å². The summed E-state index contributed by atoms with van der Waals surface area (Å²) in [4.78, 5) is 10.6. The van der Waals surface area contributed by atoms with Crippen molar-refractivity contribution in [3.05, 3.63) is 29.1 Å². The molecule has 0 atom stereocenters. The van der Waals surface area contributed by atoms with Gasteiger partial charge in [-0.25, -0.2) is 4.39 Å². The van der Waals surface area contributed by atoms with E-state index in [1.807, 2.05) is 0 Å². The van der Waals surface area contributed by atoms with Gasteiger partial charge in [-0.05, 0) is 6.08 Å². The van der Waals surface area contributed by atoms with Crippen LogP contribution in [0.4, 0.5) is 4.39 Å². The molecule has 1 aromatic rings. The number of aldehydes is 1. The predicted molar refractivity (Wildman–Crippen MR) is 58.4 cm³/mol. The summed E-state index contributed by atoms with van der Waals surface area (Å²) in [5.41, 5.74) is 0.671. The van der Waals surface area contributed by atoms with E-state index in [0.717, 1.165) is 0 Å². The van der Waals surface area contributed by atoms with Gasteiger partial charge in [-0.3, -0.25) is 4.79 Å². The molecule has 0 unspecified atom stereocenters. The average molecular weight is 238 g/mol. The summed E-state index contributed by atoms with van der Waals surface area (Å²) in [5, 5.41) is 0. The molecule has 1 aromatic carbocycles. The van der Waals surface area contributed by atoms with E-state index >= 15 is 0 Å². The number of hydrogen-bond donors (Lipinski definition) is 0. The van der Waals surface area contributed by atoms with Gasteiger partial charge in [0.25, 0.3) is 0 Å². The Balaban J connectivity index is 2.33. The van der Waals surface area contributed by atoms with Gasteiger partial charge < -0.3 is 14.2 Å². The van der Waals surface area contributed by atoms with Gasteiger partial charge in [-0.2, -0.15) is 0 Å². The Morgan fingerprint density at radius 3 is 3.06 bits per heavy atom. The average Bonchev–Trinajstić information content (AvgIpc) is 2.36. The molecule has 2 rings (SSSR count). The van der Waals surface area contributed by atoms with E-state index in [4.69, 9.17) is 14.2 Å². The van der Waals surface area contributed by atoms with E-state index in [-0.39, 0.29) is 19.0 Å². The predicted octanol–water partition coefficient (Wildman–Crippen LogP) is 1.78. The zero-order valence-corrected chi connectivity index (χ0v) is 9.23. The molecule has 5 heteroatoms. The molecule has 0 N–H and O–H groups in total. The number of carbonyl (C=O) groups is 1. The topological polar surface area (TPSA) is 44.8 Å². The molecule has 0 aliphatic carbocycles. The van der Waals surface area contributed by atoms with Gasteiger partial charge >= 0.3 is 0 Å². The minimum atomic E-state index is -0.493. The van der Waals surface area contributed by atoms with Crippen molar-refractivity contribution < 1.29 is 23.4 Å². The van der Waals surface area contributed by atoms with Crippen LogP contribution in [0.5, 0.6) is 11.5 Å². The molecule has 0 bridgehead atoms. The molecule has 1 aliphatic heterocycles. The van der Waals surface area contributed by atoms with Gasteiger partial charge in [0.15, 0.2) is 6.79 Å². The van der Waals surface area contributed by atoms with Gasteiger partial charge in [-0.15, -0.1) is 0 Å². The number of methoxy groups -OCH3 is 1. The molecule has 0 saturated carbocycles. The maximum absolute atomic E-state index is 13.7. The first-order valence-electron chi connectivity index (χ1n) is 4.98. The number of fused-ring (bicyclic) bond motifs is 1. The minimum absolute atomic E-state index is 0.0354. The molecule has 0 fully saturated rings. The van der Waals surface area contributed by atoms with Crippen LogP contribution >= 0.6 is 0 Å². The molecule has 1 aliphatic rings. The third-order valence-corrected chi connectivity index (χ3v) is 2.28. The molecule has 0 aromatic heterocycles. The van der Waals surface area contributed by atoms with Crippen molar-refractivity contribution in [2.24, 2.45) is 0 Å². The van der Waals surface area contributed by atoms with Gasteiger partial charge in [0.05, 0.1) is 5.56 Å². The van der Waals surface area contributed by atoms with Gasteiger partial charge in [0, 0.05) is 24.8 Å². The number of benzene rings is 1. The Bertz CT molecular complexity index is 468. The van der Waals surface area contributed by atoms with Gasteiger partial charge in [0.1, 0.15) is 30.2 Å². The zero-order valence-electron chi connectivity index (χ0n) is 9.23. The van der Waals surface area contributed by atoms with Crippen LogP contribution in [-0.2, 0) is 9.53 Å². The number of ether oxygens (including phenoxy) is 3. The largest absolute Gasteiger partial charge is 0.488 e. The molecular weight excluding hydrogens is 227 g/mol. The SMILES string of the molecule is COCOc1cc(F)c2c(c1)OCC(C=O)=C2. The van der Waals surface area contributed by atoms with Crippen LogP contribution in [-0.4, -0.2) is 26.8 Å². The van der Waals surface area contributed by atoms with Crippen molar-refractivity contribution in [3.8, 4) is 11.5 Å². The standard InChI is InChI=1S/C12H11FO4/c1-15-7-17-9-3-11(13)10-2-8(5-14)6-16-12(10)4-9/h2-5H,6-7H2,1H3. The molecule has 4 nitrogen and oxygen atoms in total. The molecule has 0 spiro atoms. The summed E-state index contributed by atoms with van der Waals surface area (Å²) in [6, 6.07) is 2.79. The third kappa shape index (κ3) is 2.45. The van der Waals surface area contributed by atoms with Crippen LogP contribution in [0, 0.1) is 5.82 Å². The van der Waals surface area contributed by atoms with Crippen molar-refractivity contribution >= 4 is 12.4 Å². The number of rotatable bonds is 4. The Morgan fingerprint density at radius 2 is 2.35 bits per heavy atom. The first-order chi connectivity index (χ1) is 8.24. The summed E-state index contributed by atoms with van der Waals surface area (Å²) < 4.78 is 28.8. The van der Waals surface area contributed by atoms with E-state index in [1.54, 1.807) is 6.07 Å². The van der Waals surface area contributed by atoms with Crippen LogP contribution in [0.2, 0.25) is 0 Å². The Hall–Kier alpha value is -1.88.